The fourth-order valence-electron chi connectivity index (χ4n) is 2.34. The summed E-state index contributed by atoms with van der Waals surface area (Å²) in [6.45, 7) is 1.25. The number of hydrogen-bond donors (Lipinski definition) is 4. The van der Waals surface area contributed by atoms with Crippen LogP contribution in [0.15, 0.2) is 6.33 Å². The van der Waals surface area contributed by atoms with Crippen molar-refractivity contribution < 1.29 is 25.2 Å². The molecule has 2 aromatic heterocycles. The zero-order valence-electron chi connectivity index (χ0n) is 10.6. The predicted octanol–water partition coefficient (Wildman–Crippen LogP) is -1.55. The van der Waals surface area contributed by atoms with E-state index in [0.29, 0.717) is 11.2 Å². The molecule has 20 heavy (non-hydrogen) atoms. The summed E-state index contributed by atoms with van der Waals surface area (Å²) in [6.07, 6.45) is -2.89. The fraction of sp³-hybridized carbons (Fsp3) is 0.545. The van der Waals surface area contributed by atoms with Gasteiger partial charge >= 0.3 is 6.01 Å². The molecule has 0 aromatic carbocycles. The van der Waals surface area contributed by atoms with Gasteiger partial charge in [-0.15, -0.1) is 0 Å². The topological polar surface area (TPSA) is 134 Å². The third-order valence-corrected chi connectivity index (χ3v) is 3.38. The largest absolute Gasteiger partial charge is 0.479 e. The normalized spacial score (nSPS) is 30.2. The summed E-state index contributed by atoms with van der Waals surface area (Å²) in [5, 5.41) is 38.3. The number of fused-ring (bicyclic) bond motifs is 1. The number of hydrogen-bond acceptors (Lipinski definition) is 8. The van der Waals surface area contributed by atoms with E-state index in [9.17, 15) is 15.3 Å². The predicted molar refractivity (Wildman–Crippen MR) is 64.7 cm³/mol. The second-order valence-corrected chi connectivity index (χ2v) is 4.66. The molecule has 108 valence electrons. The minimum absolute atomic E-state index is 0.282. The summed E-state index contributed by atoms with van der Waals surface area (Å²) in [5.41, 5.74) is 1.23. The van der Waals surface area contributed by atoms with Crippen LogP contribution in [0.2, 0.25) is 0 Å². The lowest BCUT2D eigenvalue weighted by Crippen LogP contribution is -2.33. The molecule has 0 aliphatic carbocycles. The van der Waals surface area contributed by atoms with Gasteiger partial charge in [0.2, 0.25) is 0 Å². The molecule has 4 N–H and O–H groups in total. The van der Waals surface area contributed by atoms with Gasteiger partial charge in [-0.2, -0.15) is 9.97 Å². The van der Waals surface area contributed by atoms with E-state index in [2.05, 4.69) is 15.0 Å². The molecule has 0 amide bonds. The van der Waals surface area contributed by atoms with E-state index in [1.165, 1.54) is 10.9 Å². The van der Waals surface area contributed by atoms with Crippen molar-refractivity contribution in [3.8, 4) is 6.01 Å². The summed E-state index contributed by atoms with van der Waals surface area (Å²) < 4.78 is 6.79. The Morgan fingerprint density at radius 2 is 2.05 bits per heavy atom. The van der Waals surface area contributed by atoms with Crippen LogP contribution in [0.3, 0.4) is 0 Å². The minimum atomic E-state index is -1.23. The Labute approximate surface area is 113 Å². The van der Waals surface area contributed by atoms with E-state index in [4.69, 9.17) is 9.84 Å². The van der Waals surface area contributed by atoms with Crippen molar-refractivity contribution in [2.24, 2.45) is 0 Å². The summed E-state index contributed by atoms with van der Waals surface area (Å²) in [5.74, 6) is 0. The first kappa shape index (κ1) is 13.2. The van der Waals surface area contributed by atoms with E-state index in [1.807, 2.05) is 0 Å². The molecule has 9 nitrogen and oxygen atoms in total. The Balaban J connectivity index is 2.07. The van der Waals surface area contributed by atoms with Crippen LogP contribution in [0.25, 0.3) is 11.2 Å². The first-order chi connectivity index (χ1) is 9.52. The molecule has 2 aromatic rings. The average molecular weight is 282 g/mol. The molecule has 1 aliphatic rings. The number of aromatic nitrogens is 4. The van der Waals surface area contributed by atoms with E-state index in [1.54, 1.807) is 6.92 Å². The molecular formula is C11H14N4O5. The maximum Gasteiger partial charge on any atom is 0.316 e. The molecule has 0 radical (unpaired) electrons. The van der Waals surface area contributed by atoms with Crippen molar-refractivity contribution in [3.63, 3.8) is 0 Å². The van der Waals surface area contributed by atoms with Crippen LogP contribution in [0.1, 0.15) is 11.9 Å². The Hall–Kier alpha value is -1.81. The van der Waals surface area contributed by atoms with Crippen molar-refractivity contribution in [3.05, 3.63) is 12.0 Å². The molecule has 0 spiro atoms. The fourth-order valence-corrected chi connectivity index (χ4v) is 2.34. The van der Waals surface area contributed by atoms with Crippen LogP contribution in [-0.2, 0) is 4.74 Å². The van der Waals surface area contributed by atoms with Gasteiger partial charge in [0.05, 0.1) is 18.6 Å². The van der Waals surface area contributed by atoms with Gasteiger partial charge in [0.1, 0.15) is 23.8 Å². The highest BCUT2D eigenvalue weighted by molar-refractivity contribution is 5.73. The molecule has 4 atom stereocenters. The number of rotatable bonds is 2. The molecule has 0 bridgehead atoms. The Morgan fingerprint density at radius 1 is 1.30 bits per heavy atom. The second kappa shape index (κ2) is 4.63. The van der Waals surface area contributed by atoms with Gasteiger partial charge in [-0.25, -0.2) is 4.98 Å². The third-order valence-electron chi connectivity index (χ3n) is 3.38. The van der Waals surface area contributed by atoms with E-state index < -0.39 is 37.2 Å². The number of nitrogens with zero attached hydrogens (tertiary/aromatic N) is 4. The lowest BCUT2D eigenvalue weighted by atomic mass is 10.1. The van der Waals surface area contributed by atoms with Crippen LogP contribution in [0.4, 0.5) is 0 Å². The van der Waals surface area contributed by atoms with Crippen LogP contribution in [0, 0.1) is 6.92 Å². The van der Waals surface area contributed by atoms with Crippen LogP contribution >= 0.6 is 0 Å². The highest BCUT2D eigenvalue weighted by Crippen LogP contribution is 2.31. The number of aryl methyl sites for hydroxylation is 1. The van der Waals surface area contributed by atoms with Gasteiger partial charge < -0.3 is 25.2 Å². The molecule has 0 saturated carbocycles. The number of ether oxygens (including phenoxy) is 1. The third kappa shape index (κ3) is 1.83. The quantitative estimate of drug-likeness (QED) is 0.520. The van der Waals surface area contributed by atoms with Gasteiger partial charge in [0, 0.05) is 0 Å². The van der Waals surface area contributed by atoms with E-state index in [-0.39, 0.29) is 5.65 Å². The molecule has 3 rings (SSSR count). The van der Waals surface area contributed by atoms with Crippen LogP contribution in [-0.4, -0.2) is 64.9 Å². The lowest BCUT2D eigenvalue weighted by molar-refractivity contribution is -0.0511. The van der Waals surface area contributed by atoms with Crippen molar-refractivity contribution in [1.29, 1.82) is 0 Å². The summed E-state index contributed by atoms with van der Waals surface area (Å²) in [4.78, 5) is 11.7. The zero-order chi connectivity index (χ0) is 14.4. The van der Waals surface area contributed by atoms with Gasteiger partial charge in [-0.1, -0.05) is 0 Å². The number of aromatic hydroxyl groups is 1. The molecule has 1 saturated heterocycles. The van der Waals surface area contributed by atoms with E-state index >= 15 is 0 Å². The van der Waals surface area contributed by atoms with Crippen LogP contribution in [0.5, 0.6) is 6.01 Å². The van der Waals surface area contributed by atoms with Crippen molar-refractivity contribution in [2.45, 2.75) is 31.5 Å². The first-order valence-corrected chi connectivity index (χ1v) is 6.05. The maximum absolute atomic E-state index is 9.99. The first-order valence-electron chi connectivity index (χ1n) is 6.05. The second-order valence-electron chi connectivity index (χ2n) is 4.66. The number of aliphatic hydroxyl groups is 3. The van der Waals surface area contributed by atoms with Crippen molar-refractivity contribution in [2.75, 3.05) is 6.61 Å². The van der Waals surface area contributed by atoms with Crippen LogP contribution < -0.4 is 0 Å². The Morgan fingerprint density at radius 3 is 2.70 bits per heavy atom. The lowest BCUT2D eigenvalue weighted by Gasteiger charge is -2.16. The summed E-state index contributed by atoms with van der Waals surface area (Å²) in [7, 11) is 0. The molecule has 1 fully saturated rings. The highest BCUT2D eigenvalue weighted by atomic mass is 16.6. The highest BCUT2D eigenvalue weighted by Gasteiger charge is 2.44. The Bertz CT molecular complexity index is 645. The number of imidazole rings is 1. The zero-order valence-corrected chi connectivity index (χ0v) is 10.6. The molecule has 3 heterocycles. The Kier molecular flexibility index (Phi) is 3.05. The molecule has 1 aliphatic heterocycles. The monoisotopic (exact) mass is 282 g/mol. The number of aliphatic hydroxyl groups excluding tert-OH is 3. The van der Waals surface area contributed by atoms with Gasteiger partial charge in [0.25, 0.3) is 0 Å². The van der Waals surface area contributed by atoms with Crippen molar-refractivity contribution in [1.82, 2.24) is 19.5 Å². The molecule has 9 heteroatoms. The maximum atomic E-state index is 9.99. The average Bonchev–Trinajstić information content (AvgIpc) is 2.93. The minimum Gasteiger partial charge on any atom is -0.479 e. The SMILES string of the molecule is Cc1nc(O)nc2c1ncn2[C@@H]1O[C@H](CO)[C@@H](O)[C@H]1O. The smallest absolute Gasteiger partial charge is 0.316 e. The summed E-state index contributed by atoms with van der Waals surface area (Å²) in [6, 6.07) is -0.413. The van der Waals surface area contributed by atoms with E-state index in [0.717, 1.165) is 0 Å². The van der Waals surface area contributed by atoms with Gasteiger partial charge in [-0.3, -0.25) is 4.57 Å². The van der Waals surface area contributed by atoms with Gasteiger partial charge in [0.15, 0.2) is 11.9 Å². The van der Waals surface area contributed by atoms with Gasteiger partial charge in [-0.05, 0) is 6.92 Å². The standard InChI is InChI=1S/C11H14N4O5/c1-4-6-9(14-11(19)13-4)15(3-12-6)10-8(18)7(17)5(2-16)20-10/h3,5,7-8,10,16-18H,2H2,1H3,(H,13,14,19)/t5-,7-,8-,10-/m1/s1. The molecule has 0 unspecified atom stereocenters. The van der Waals surface area contributed by atoms with Crippen molar-refractivity contribution >= 4 is 11.2 Å². The molecular weight excluding hydrogens is 268 g/mol. The summed E-state index contributed by atoms with van der Waals surface area (Å²) >= 11 is 0.